The predicted octanol–water partition coefficient (Wildman–Crippen LogP) is 2.93. The first-order valence-corrected chi connectivity index (χ1v) is 6.18. The number of hydrogen-bond donors (Lipinski definition) is 0. The highest BCUT2D eigenvalue weighted by Gasteiger charge is 2.13. The summed E-state index contributed by atoms with van der Waals surface area (Å²) in [5, 5.41) is 14.5. The monoisotopic (exact) mass is 231 g/mol. The molecule has 4 heteroatoms. The van der Waals surface area contributed by atoms with Crippen LogP contribution in [-0.4, -0.2) is 15.4 Å². The van der Waals surface area contributed by atoms with Gasteiger partial charge < -0.3 is 0 Å². The maximum atomic E-state index is 9.20. The molecule has 2 rings (SSSR count). The third kappa shape index (κ3) is 1.68. The smallest absolute Gasteiger partial charge is 0.137 e. The van der Waals surface area contributed by atoms with Crippen LogP contribution in [0, 0.1) is 25.2 Å². The zero-order valence-corrected chi connectivity index (χ0v) is 10.4. The number of hydrogen-bond acceptors (Lipinski definition) is 3. The molecule has 0 amide bonds. The van der Waals surface area contributed by atoms with E-state index in [0.717, 1.165) is 27.6 Å². The van der Waals surface area contributed by atoms with Crippen molar-refractivity contribution in [3.05, 3.63) is 29.0 Å². The van der Waals surface area contributed by atoms with Crippen LogP contribution in [0.1, 0.15) is 23.7 Å². The molecule has 0 atom stereocenters. The Labute approximate surface area is 99.1 Å². The van der Waals surface area contributed by atoms with Gasteiger partial charge in [-0.15, -0.1) is 11.8 Å². The van der Waals surface area contributed by atoms with Crippen LogP contribution in [0.3, 0.4) is 0 Å². The van der Waals surface area contributed by atoms with Gasteiger partial charge in [0.2, 0.25) is 0 Å². The minimum absolute atomic E-state index is 0.693. The molecule has 0 saturated heterocycles. The van der Waals surface area contributed by atoms with Gasteiger partial charge in [-0.2, -0.15) is 10.4 Å². The molecule has 2 aromatic heterocycles. The van der Waals surface area contributed by atoms with E-state index in [1.54, 1.807) is 11.8 Å². The largest absolute Gasteiger partial charge is 0.236 e. The lowest BCUT2D eigenvalue weighted by molar-refractivity contribution is 0.863. The van der Waals surface area contributed by atoms with Crippen molar-refractivity contribution in [2.24, 2.45) is 0 Å². The second-order valence-electron chi connectivity index (χ2n) is 3.70. The summed E-state index contributed by atoms with van der Waals surface area (Å²) in [6.07, 6.45) is 0. The highest BCUT2D eigenvalue weighted by Crippen LogP contribution is 2.25. The van der Waals surface area contributed by atoms with Crippen molar-refractivity contribution >= 4 is 17.3 Å². The second-order valence-corrected chi connectivity index (χ2v) is 4.95. The first-order chi connectivity index (χ1) is 7.67. The summed E-state index contributed by atoms with van der Waals surface area (Å²) in [5.41, 5.74) is 3.83. The van der Waals surface area contributed by atoms with Crippen molar-refractivity contribution in [3.8, 4) is 6.07 Å². The van der Waals surface area contributed by atoms with Gasteiger partial charge in [0, 0.05) is 5.69 Å². The Morgan fingerprint density at radius 3 is 2.81 bits per heavy atom. The number of pyridine rings is 1. The maximum absolute atomic E-state index is 9.20. The van der Waals surface area contributed by atoms with Crippen molar-refractivity contribution in [1.29, 1.82) is 5.26 Å². The van der Waals surface area contributed by atoms with Crippen LogP contribution in [0.2, 0.25) is 0 Å². The first kappa shape index (κ1) is 11.0. The van der Waals surface area contributed by atoms with Gasteiger partial charge in [-0.25, -0.2) is 4.52 Å². The van der Waals surface area contributed by atoms with E-state index in [-0.39, 0.29) is 0 Å². The van der Waals surface area contributed by atoms with Gasteiger partial charge in [-0.3, -0.25) is 0 Å². The van der Waals surface area contributed by atoms with Gasteiger partial charge in [0.25, 0.3) is 0 Å². The molecule has 16 heavy (non-hydrogen) atoms. The Morgan fingerprint density at radius 1 is 1.44 bits per heavy atom. The van der Waals surface area contributed by atoms with E-state index in [9.17, 15) is 5.26 Å². The highest BCUT2D eigenvalue weighted by atomic mass is 32.2. The zero-order chi connectivity index (χ0) is 11.7. The standard InChI is InChI=1S/C12H13N3S/c1-4-16-12-10(7-13)11-6-8(2)5-9(3)15(11)14-12/h5-6H,4H2,1-3H3. The van der Waals surface area contributed by atoms with E-state index in [4.69, 9.17) is 0 Å². The predicted molar refractivity (Wildman–Crippen MR) is 65.8 cm³/mol. The Bertz CT molecular complexity index is 578. The van der Waals surface area contributed by atoms with E-state index in [0.29, 0.717) is 5.56 Å². The molecule has 0 unspecified atom stereocenters. The first-order valence-electron chi connectivity index (χ1n) is 5.20. The molecule has 2 aromatic rings. The summed E-state index contributed by atoms with van der Waals surface area (Å²) in [7, 11) is 0. The number of rotatable bonds is 2. The summed E-state index contributed by atoms with van der Waals surface area (Å²) in [4.78, 5) is 0. The molecule has 0 saturated carbocycles. The molecule has 0 aliphatic carbocycles. The summed E-state index contributed by atoms with van der Waals surface area (Å²) in [6, 6.07) is 6.34. The van der Waals surface area contributed by atoms with Gasteiger partial charge in [0.15, 0.2) is 0 Å². The van der Waals surface area contributed by atoms with E-state index in [1.165, 1.54) is 0 Å². The Morgan fingerprint density at radius 2 is 2.19 bits per heavy atom. The van der Waals surface area contributed by atoms with Gasteiger partial charge >= 0.3 is 0 Å². The number of fused-ring (bicyclic) bond motifs is 1. The van der Waals surface area contributed by atoms with E-state index < -0.39 is 0 Å². The lowest BCUT2D eigenvalue weighted by atomic mass is 10.2. The number of nitriles is 1. The molecule has 0 fully saturated rings. The van der Waals surface area contributed by atoms with Crippen LogP contribution < -0.4 is 0 Å². The van der Waals surface area contributed by atoms with Crippen LogP contribution in [0.5, 0.6) is 0 Å². The van der Waals surface area contributed by atoms with Crippen molar-refractivity contribution in [3.63, 3.8) is 0 Å². The van der Waals surface area contributed by atoms with Crippen LogP contribution in [0.4, 0.5) is 0 Å². The normalized spacial score (nSPS) is 10.6. The molecular weight excluding hydrogens is 218 g/mol. The number of nitrogens with zero attached hydrogens (tertiary/aromatic N) is 3. The van der Waals surface area contributed by atoms with Crippen molar-refractivity contribution in [2.75, 3.05) is 5.75 Å². The third-order valence-electron chi connectivity index (χ3n) is 2.42. The van der Waals surface area contributed by atoms with Gasteiger partial charge in [-0.1, -0.05) is 6.92 Å². The maximum Gasteiger partial charge on any atom is 0.137 e. The Kier molecular flexibility index (Phi) is 2.88. The summed E-state index contributed by atoms with van der Waals surface area (Å²) >= 11 is 1.61. The van der Waals surface area contributed by atoms with Gasteiger partial charge in [0.1, 0.15) is 16.7 Å². The lowest BCUT2D eigenvalue weighted by Crippen LogP contribution is -1.93. The number of thioether (sulfide) groups is 1. The molecule has 82 valence electrons. The quantitative estimate of drug-likeness (QED) is 0.746. The molecular formula is C12H13N3S. The molecule has 0 radical (unpaired) electrons. The fraction of sp³-hybridized carbons (Fsp3) is 0.333. The molecule has 0 aliphatic heterocycles. The summed E-state index contributed by atoms with van der Waals surface area (Å²) < 4.78 is 1.85. The molecule has 0 N–H and O–H groups in total. The minimum atomic E-state index is 0.693. The fourth-order valence-corrected chi connectivity index (χ4v) is 2.51. The van der Waals surface area contributed by atoms with Crippen molar-refractivity contribution < 1.29 is 0 Å². The van der Waals surface area contributed by atoms with Crippen LogP contribution in [0.15, 0.2) is 17.2 Å². The van der Waals surface area contributed by atoms with Crippen molar-refractivity contribution in [2.45, 2.75) is 25.8 Å². The molecule has 2 heterocycles. The molecule has 3 nitrogen and oxygen atoms in total. The Hall–Kier alpha value is -1.47. The minimum Gasteiger partial charge on any atom is -0.236 e. The zero-order valence-electron chi connectivity index (χ0n) is 9.61. The fourth-order valence-electron chi connectivity index (χ4n) is 1.80. The van der Waals surface area contributed by atoms with Crippen molar-refractivity contribution in [1.82, 2.24) is 9.61 Å². The molecule has 0 bridgehead atoms. The Balaban J connectivity index is 2.78. The highest BCUT2D eigenvalue weighted by molar-refractivity contribution is 7.99. The van der Waals surface area contributed by atoms with Gasteiger partial charge in [0.05, 0.1) is 5.52 Å². The average molecular weight is 231 g/mol. The van der Waals surface area contributed by atoms with Crippen LogP contribution in [0.25, 0.3) is 5.52 Å². The number of aromatic nitrogens is 2. The summed E-state index contributed by atoms with van der Waals surface area (Å²) in [6.45, 7) is 6.11. The third-order valence-corrected chi connectivity index (χ3v) is 3.26. The van der Waals surface area contributed by atoms with Crippen LogP contribution in [-0.2, 0) is 0 Å². The van der Waals surface area contributed by atoms with Gasteiger partial charge in [-0.05, 0) is 37.3 Å². The van der Waals surface area contributed by atoms with E-state index in [2.05, 4.69) is 24.2 Å². The lowest BCUT2D eigenvalue weighted by Gasteiger charge is -2.00. The SMILES string of the molecule is CCSc1nn2c(C)cc(C)cc2c1C#N. The average Bonchev–Trinajstić information content (AvgIpc) is 2.56. The number of aryl methyl sites for hydroxylation is 2. The topological polar surface area (TPSA) is 41.1 Å². The van der Waals surface area contributed by atoms with E-state index >= 15 is 0 Å². The summed E-state index contributed by atoms with van der Waals surface area (Å²) in [5.74, 6) is 0.927. The molecule has 0 aliphatic rings. The second kappa shape index (κ2) is 4.18. The molecule has 0 spiro atoms. The van der Waals surface area contributed by atoms with E-state index in [1.807, 2.05) is 24.4 Å². The molecule has 0 aromatic carbocycles. The van der Waals surface area contributed by atoms with Crippen LogP contribution >= 0.6 is 11.8 Å².